The van der Waals surface area contributed by atoms with E-state index < -0.39 is 0 Å². The quantitative estimate of drug-likeness (QED) is 0.648. The first-order chi connectivity index (χ1) is 5.29. The Balaban J connectivity index is 2.22. The zero-order valence-corrected chi connectivity index (χ0v) is 7.71. The van der Waals surface area contributed by atoms with Gasteiger partial charge in [0.25, 0.3) is 0 Å². The van der Waals surface area contributed by atoms with E-state index >= 15 is 0 Å². The van der Waals surface area contributed by atoms with Gasteiger partial charge in [0.2, 0.25) is 0 Å². The second kappa shape index (κ2) is 4.07. The lowest BCUT2D eigenvalue weighted by Crippen LogP contribution is -2.31. The highest BCUT2D eigenvalue weighted by molar-refractivity contribution is 4.98. The van der Waals surface area contributed by atoms with E-state index in [-0.39, 0.29) is 0 Å². The summed E-state index contributed by atoms with van der Waals surface area (Å²) in [4.78, 5) is 2.53. The van der Waals surface area contributed by atoms with Gasteiger partial charge in [-0.1, -0.05) is 13.8 Å². The van der Waals surface area contributed by atoms with Crippen LogP contribution in [0, 0.1) is 0 Å². The van der Waals surface area contributed by atoms with Crippen LogP contribution >= 0.6 is 0 Å². The van der Waals surface area contributed by atoms with E-state index in [4.69, 9.17) is 5.73 Å². The first-order valence-corrected chi connectivity index (χ1v) is 4.79. The van der Waals surface area contributed by atoms with Crippen LogP contribution in [0.2, 0.25) is 0 Å². The van der Waals surface area contributed by atoms with Gasteiger partial charge in [0.1, 0.15) is 0 Å². The summed E-state index contributed by atoms with van der Waals surface area (Å²) in [5, 5.41) is 0. The number of nitrogens with two attached hydrogens (primary N) is 1. The van der Waals surface area contributed by atoms with Crippen molar-refractivity contribution in [3.05, 3.63) is 0 Å². The van der Waals surface area contributed by atoms with Crippen molar-refractivity contribution in [2.24, 2.45) is 5.73 Å². The molecule has 2 nitrogen and oxygen atoms in total. The zero-order valence-electron chi connectivity index (χ0n) is 7.71. The van der Waals surface area contributed by atoms with E-state index in [1.807, 2.05) is 0 Å². The lowest BCUT2D eigenvalue weighted by atomic mass is 10.3. The normalized spacial score (nSPS) is 29.5. The molecule has 1 fully saturated rings. The van der Waals surface area contributed by atoms with Gasteiger partial charge >= 0.3 is 0 Å². The molecule has 0 aromatic carbocycles. The monoisotopic (exact) mass is 156 g/mol. The molecule has 11 heavy (non-hydrogen) atoms. The van der Waals surface area contributed by atoms with Gasteiger partial charge in [-0.05, 0) is 32.4 Å². The fraction of sp³-hybridized carbons (Fsp3) is 1.00. The molecule has 0 bridgehead atoms. The standard InChI is InChI=1S/C9H20N2/c1-3-5-11(6-4-2)9-7-8(9)10/h8-9H,3-7,10H2,1-2H3. The van der Waals surface area contributed by atoms with E-state index in [1.54, 1.807) is 0 Å². The average Bonchev–Trinajstić information content (AvgIpc) is 2.67. The molecule has 0 heterocycles. The third-order valence-corrected chi connectivity index (χ3v) is 2.30. The Kier molecular flexibility index (Phi) is 3.34. The molecule has 66 valence electrons. The van der Waals surface area contributed by atoms with Gasteiger partial charge in [0.05, 0.1) is 0 Å². The summed E-state index contributed by atoms with van der Waals surface area (Å²) in [5.74, 6) is 0. The van der Waals surface area contributed by atoms with Crippen LogP contribution in [0.4, 0.5) is 0 Å². The predicted molar refractivity (Wildman–Crippen MR) is 48.5 cm³/mol. The fourth-order valence-electron chi connectivity index (χ4n) is 1.64. The van der Waals surface area contributed by atoms with E-state index in [0.717, 1.165) is 6.04 Å². The molecule has 1 aliphatic carbocycles. The maximum Gasteiger partial charge on any atom is 0.0263 e. The number of rotatable bonds is 5. The summed E-state index contributed by atoms with van der Waals surface area (Å²) in [6, 6.07) is 1.20. The third kappa shape index (κ3) is 2.46. The topological polar surface area (TPSA) is 29.3 Å². The molecule has 2 unspecified atom stereocenters. The van der Waals surface area contributed by atoms with Gasteiger partial charge in [-0.2, -0.15) is 0 Å². The van der Waals surface area contributed by atoms with Crippen molar-refractivity contribution < 1.29 is 0 Å². The fourth-order valence-corrected chi connectivity index (χ4v) is 1.64. The first-order valence-electron chi connectivity index (χ1n) is 4.79. The summed E-state index contributed by atoms with van der Waals surface area (Å²) >= 11 is 0. The van der Waals surface area contributed by atoms with Crippen molar-refractivity contribution in [2.75, 3.05) is 13.1 Å². The SMILES string of the molecule is CCCN(CCC)C1CC1N. The minimum Gasteiger partial charge on any atom is -0.326 e. The molecule has 0 aliphatic heterocycles. The Hall–Kier alpha value is -0.0800. The van der Waals surface area contributed by atoms with Gasteiger partial charge in [0.15, 0.2) is 0 Å². The summed E-state index contributed by atoms with van der Waals surface area (Å²) < 4.78 is 0. The molecule has 0 radical (unpaired) electrons. The molecular formula is C9H20N2. The molecule has 1 aliphatic rings. The Morgan fingerprint density at radius 2 is 1.73 bits per heavy atom. The Bertz CT molecular complexity index is 108. The molecular weight excluding hydrogens is 136 g/mol. The van der Waals surface area contributed by atoms with Gasteiger partial charge in [-0.25, -0.2) is 0 Å². The Morgan fingerprint density at radius 1 is 1.27 bits per heavy atom. The van der Waals surface area contributed by atoms with Crippen LogP contribution in [0.25, 0.3) is 0 Å². The molecule has 2 heteroatoms. The smallest absolute Gasteiger partial charge is 0.0263 e. The summed E-state index contributed by atoms with van der Waals surface area (Å²) in [7, 11) is 0. The number of nitrogens with zero attached hydrogens (tertiary/aromatic N) is 1. The zero-order chi connectivity index (χ0) is 8.27. The third-order valence-electron chi connectivity index (χ3n) is 2.30. The second-order valence-corrected chi connectivity index (χ2v) is 3.50. The van der Waals surface area contributed by atoms with Gasteiger partial charge < -0.3 is 5.73 Å². The molecule has 2 atom stereocenters. The van der Waals surface area contributed by atoms with Crippen molar-refractivity contribution in [1.29, 1.82) is 0 Å². The highest BCUT2D eigenvalue weighted by Crippen LogP contribution is 2.25. The summed E-state index contributed by atoms with van der Waals surface area (Å²) in [6.07, 6.45) is 3.73. The second-order valence-electron chi connectivity index (χ2n) is 3.50. The predicted octanol–water partition coefficient (Wildman–Crippen LogP) is 1.21. The largest absolute Gasteiger partial charge is 0.326 e. The maximum atomic E-state index is 5.79. The minimum atomic E-state index is 0.480. The van der Waals surface area contributed by atoms with Crippen molar-refractivity contribution in [2.45, 2.75) is 45.2 Å². The van der Waals surface area contributed by atoms with Gasteiger partial charge in [-0.15, -0.1) is 0 Å². The molecule has 0 saturated heterocycles. The van der Waals surface area contributed by atoms with Crippen LogP contribution in [-0.2, 0) is 0 Å². The van der Waals surface area contributed by atoms with E-state index in [1.165, 1.54) is 32.4 Å². The molecule has 1 saturated carbocycles. The summed E-state index contributed by atoms with van der Waals surface area (Å²) in [5.41, 5.74) is 5.79. The van der Waals surface area contributed by atoms with Crippen molar-refractivity contribution in [3.63, 3.8) is 0 Å². The van der Waals surface area contributed by atoms with Crippen molar-refractivity contribution >= 4 is 0 Å². The molecule has 0 spiro atoms. The van der Waals surface area contributed by atoms with Crippen LogP contribution in [0.15, 0.2) is 0 Å². The Morgan fingerprint density at radius 3 is 2.00 bits per heavy atom. The molecule has 2 N–H and O–H groups in total. The highest BCUT2D eigenvalue weighted by atomic mass is 15.2. The van der Waals surface area contributed by atoms with Crippen LogP contribution in [0.5, 0.6) is 0 Å². The van der Waals surface area contributed by atoms with Gasteiger partial charge in [0, 0.05) is 12.1 Å². The number of hydrogen-bond donors (Lipinski definition) is 1. The van der Waals surface area contributed by atoms with Crippen molar-refractivity contribution in [3.8, 4) is 0 Å². The van der Waals surface area contributed by atoms with Crippen molar-refractivity contribution in [1.82, 2.24) is 4.90 Å². The highest BCUT2D eigenvalue weighted by Gasteiger charge is 2.37. The van der Waals surface area contributed by atoms with E-state index in [2.05, 4.69) is 18.7 Å². The maximum absolute atomic E-state index is 5.79. The molecule has 0 aromatic rings. The first kappa shape index (κ1) is 9.01. The van der Waals surface area contributed by atoms with E-state index in [9.17, 15) is 0 Å². The van der Waals surface area contributed by atoms with Crippen LogP contribution in [0.1, 0.15) is 33.1 Å². The molecule has 1 rings (SSSR count). The van der Waals surface area contributed by atoms with Crippen LogP contribution in [0.3, 0.4) is 0 Å². The van der Waals surface area contributed by atoms with E-state index in [0.29, 0.717) is 6.04 Å². The van der Waals surface area contributed by atoms with Crippen LogP contribution < -0.4 is 5.73 Å². The number of hydrogen-bond acceptors (Lipinski definition) is 2. The molecule has 0 aromatic heterocycles. The Labute approximate surface area is 69.8 Å². The van der Waals surface area contributed by atoms with Gasteiger partial charge in [-0.3, -0.25) is 4.90 Å². The van der Waals surface area contributed by atoms with Crippen LogP contribution in [-0.4, -0.2) is 30.1 Å². The lowest BCUT2D eigenvalue weighted by molar-refractivity contribution is 0.260. The molecule has 0 amide bonds. The average molecular weight is 156 g/mol. The summed E-state index contributed by atoms with van der Waals surface area (Å²) in [6.45, 7) is 6.92. The lowest BCUT2D eigenvalue weighted by Gasteiger charge is -2.20. The minimum absolute atomic E-state index is 0.480.